The molecule has 0 bridgehead atoms. The molecule has 1 aliphatic heterocycles. The minimum Gasteiger partial charge on any atom is -0.496 e. The van der Waals surface area contributed by atoms with Crippen LogP contribution in [0.5, 0.6) is 5.75 Å². The monoisotopic (exact) mass is 430 g/mol. The summed E-state index contributed by atoms with van der Waals surface area (Å²) < 4.78 is 32.9. The molecule has 1 aliphatic rings. The van der Waals surface area contributed by atoms with E-state index >= 15 is 0 Å². The van der Waals surface area contributed by atoms with Gasteiger partial charge in [-0.05, 0) is 55.5 Å². The molecule has 3 rings (SSSR count). The number of hydrogen-bond donors (Lipinski definition) is 1. The average molecular weight is 431 g/mol. The van der Waals surface area contributed by atoms with Crippen molar-refractivity contribution in [3.8, 4) is 5.75 Å². The topological polar surface area (TPSA) is 75.7 Å². The van der Waals surface area contributed by atoms with Gasteiger partial charge >= 0.3 is 0 Å². The van der Waals surface area contributed by atoms with E-state index in [2.05, 4.69) is 5.32 Å². The highest BCUT2D eigenvalue weighted by Crippen LogP contribution is 2.27. The molecule has 30 heavy (non-hydrogen) atoms. The molecule has 7 heteroatoms. The molecule has 0 radical (unpaired) electrons. The predicted molar refractivity (Wildman–Crippen MR) is 117 cm³/mol. The van der Waals surface area contributed by atoms with Gasteiger partial charge < -0.3 is 10.1 Å². The molecule has 0 aromatic heterocycles. The number of methoxy groups -OCH3 is 1. The maximum atomic E-state index is 13.0. The van der Waals surface area contributed by atoms with Crippen molar-refractivity contribution in [2.24, 2.45) is 0 Å². The van der Waals surface area contributed by atoms with Crippen LogP contribution in [0, 0.1) is 6.92 Å². The molecule has 2 aromatic rings. The number of carbonyl (C=O) groups is 1. The van der Waals surface area contributed by atoms with E-state index in [-0.39, 0.29) is 17.2 Å². The normalized spacial score (nSPS) is 15.0. The molecule has 2 aromatic carbocycles. The molecule has 1 fully saturated rings. The molecule has 6 nitrogen and oxygen atoms in total. The van der Waals surface area contributed by atoms with Crippen molar-refractivity contribution in [3.05, 3.63) is 59.2 Å². The standard InChI is InChI=1S/C23H30N2O4S/c1-18-7-6-8-19(15-18)17-24-23(26)12-9-20-16-21(10-11-22(20)29-2)30(27,28)25-13-4-3-5-14-25/h6-8,10-11,15-16H,3-5,9,12-14,17H2,1-2H3,(H,24,26). The van der Waals surface area contributed by atoms with Crippen LogP contribution < -0.4 is 10.1 Å². The summed E-state index contributed by atoms with van der Waals surface area (Å²) in [5.74, 6) is 0.516. The zero-order valence-corrected chi connectivity index (χ0v) is 18.5. The van der Waals surface area contributed by atoms with Gasteiger partial charge in [0, 0.05) is 26.1 Å². The van der Waals surface area contributed by atoms with E-state index in [0.717, 1.165) is 36.0 Å². The third-order valence-corrected chi connectivity index (χ3v) is 7.29. The van der Waals surface area contributed by atoms with E-state index in [1.165, 1.54) is 0 Å². The van der Waals surface area contributed by atoms with Crippen LogP contribution in [0.2, 0.25) is 0 Å². The van der Waals surface area contributed by atoms with Gasteiger partial charge in [0.1, 0.15) is 5.75 Å². The minimum absolute atomic E-state index is 0.0807. The second-order valence-electron chi connectivity index (χ2n) is 7.70. The highest BCUT2D eigenvalue weighted by atomic mass is 32.2. The van der Waals surface area contributed by atoms with Crippen LogP contribution in [-0.2, 0) is 27.8 Å². The predicted octanol–water partition coefficient (Wildman–Crippen LogP) is 3.43. The van der Waals surface area contributed by atoms with Crippen LogP contribution in [-0.4, -0.2) is 38.8 Å². The summed E-state index contributed by atoms with van der Waals surface area (Å²) >= 11 is 0. The lowest BCUT2D eigenvalue weighted by Crippen LogP contribution is -2.35. The molecular formula is C23H30N2O4S. The number of nitrogens with one attached hydrogen (secondary N) is 1. The smallest absolute Gasteiger partial charge is 0.243 e. The molecule has 0 atom stereocenters. The van der Waals surface area contributed by atoms with Crippen molar-refractivity contribution in [1.82, 2.24) is 9.62 Å². The molecule has 1 saturated heterocycles. The third-order valence-electron chi connectivity index (χ3n) is 5.40. The van der Waals surface area contributed by atoms with Crippen molar-refractivity contribution >= 4 is 15.9 Å². The molecule has 0 saturated carbocycles. The van der Waals surface area contributed by atoms with E-state index in [1.807, 2.05) is 31.2 Å². The first-order valence-corrected chi connectivity index (χ1v) is 11.8. The van der Waals surface area contributed by atoms with E-state index < -0.39 is 10.0 Å². The largest absolute Gasteiger partial charge is 0.496 e. The highest BCUT2D eigenvalue weighted by Gasteiger charge is 2.26. The van der Waals surface area contributed by atoms with E-state index in [9.17, 15) is 13.2 Å². The lowest BCUT2D eigenvalue weighted by Gasteiger charge is -2.26. The number of amides is 1. The molecule has 0 spiro atoms. The number of hydrogen-bond acceptors (Lipinski definition) is 4. The highest BCUT2D eigenvalue weighted by molar-refractivity contribution is 7.89. The molecular weight excluding hydrogens is 400 g/mol. The summed E-state index contributed by atoms with van der Waals surface area (Å²) in [6.07, 6.45) is 3.52. The van der Waals surface area contributed by atoms with Gasteiger partial charge in [-0.15, -0.1) is 0 Å². The van der Waals surface area contributed by atoms with E-state index in [4.69, 9.17) is 4.74 Å². The third kappa shape index (κ3) is 5.61. The first-order chi connectivity index (χ1) is 14.4. The summed E-state index contributed by atoms with van der Waals surface area (Å²) in [5.41, 5.74) is 2.93. The minimum atomic E-state index is -3.52. The van der Waals surface area contributed by atoms with Crippen LogP contribution in [0.15, 0.2) is 47.4 Å². The number of aryl methyl sites for hydroxylation is 2. The molecule has 1 amide bonds. The van der Waals surface area contributed by atoms with Crippen LogP contribution in [0.25, 0.3) is 0 Å². The lowest BCUT2D eigenvalue weighted by atomic mass is 10.1. The molecule has 162 valence electrons. The van der Waals surface area contributed by atoms with Crippen LogP contribution in [0.4, 0.5) is 0 Å². The van der Waals surface area contributed by atoms with Crippen molar-refractivity contribution in [3.63, 3.8) is 0 Å². The number of nitrogens with zero attached hydrogens (tertiary/aromatic N) is 1. The summed E-state index contributed by atoms with van der Waals surface area (Å²) in [7, 11) is -1.97. The van der Waals surface area contributed by atoms with Gasteiger partial charge in [0.15, 0.2) is 0 Å². The Kier molecular flexibility index (Phi) is 7.50. The number of carbonyl (C=O) groups excluding carboxylic acids is 1. The number of ether oxygens (including phenoxy) is 1. The maximum absolute atomic E-state index is 13.0. The Morgan fingerprint density at radius 3 is 2.57 bits per heavy atom. The fourth-order valence-electron chi connectivity index (χ4n) is 3.72. The Morgan fingerprint density at radius 1 is 1.10 bits per heavy atom. The zero-order chi connectivity index (χ0) is 21.6. The first kappa shape index (κ1) is 22.3. The maximum Gasteiger partial charge on any atom is 0.243 e. The number of piperidine rings is 1. The fraction of sp³-hybridized carbons (Fsp3) is 0.435. The SMILES string of the molecule is COc1ccc(S(=O)(=O)N2CCCCC2)cc1CCC(=O)NCc1cccc(C)c1. The van der Waals surface area contributed by atoms with Gasteiger partial charge in [0.2, 0.25) is 15.9 Å². The Bertz CT molecular complexity index is 982. The number of benzene rings is 2. The fourth-order valence-corrected chi connectivity index (χ4v) is 5.29. The Morgan fingerprint density at radius 2 is 1.87 bits per heavy atom. The Labute approximate surface area is 179 Å². The second-order valence-corrected chi connectivity index (χ2v) is 9.64. The van der Waals surface area contributed by atoms with Gasteiger partial charge in [0.25, 0.3) is 0 Å². The quantitative estimate of drug-likeness (QED) is 0.696. The molecule has 1 N–H and O–H groups in total. The van der Waals surface area contributed by atoms with Gasteiger partial charge in [-0.3, -0.25) is 4.79 Å². The van der Waals surface area contributed by atoms with Crippen molar-refractivity contribution in [2.75, 3.05) is 20.2 Å². The average Bonchev–Trinajstić information content (AvgIpc) is 2.76. The number of rotatable bonds is 8. The van der Waals surface area contributed by atoms with Crippen molar-refractivity contribution < 1.29 is 17.9 Å². The molecule has 0 unspecified atom stereocenters. The summed E-state index contributed by atoms with van der Waals surface area (Å²) in [6, 6.07) is 12.9. The van der Waals surface area contributed by atoms with Crippen LogP contribution >= 0.6 is 0 Å². The van der Waals surface area contributed by atoms with E-state index in [1.54, 1.807) is 29.6 Å². The number of sulfonamides is 1. The molecule has 0 aliphatic carbocycles. The van der Waals surface area contributed by atoms with Crippen LogP contribution in [0.3, 0.4) is 0 Å². The van der Waals surface area contributed by atoms with Gasteiger partial charge in [-0.1, -0.05) is 36.2 Å². The Hall–Kier alpha value is -2.38. The summed E-state index contributed by atoms with van der Waals surface area (Å²) in [6.45, 7) is 3.61. The lowest BCUT2D eigenvalue weighted by molar-refractivity contribution is -0.121. The van der Waals surface area contributed by atoms with Gasteiger partial charge in [0.05, 0.1) is 12.0 Å². The summed E-state index contributed by atoms with van der Waals surface area (Å²) in [5, 5.41) is 2.92. The Balaban J connectivity index is 1.65. The zero-order valence-electron chi connectivity index (χ0n) is 17.7. The summed E-state index contributed by atoms with van der Waals surface area (Å²) in [4.78, 5) is 12.6. The van der Waals surface area contributed by atoms with Gasteiger partial charge in [-0.25, -0.2) is 8.42 Å². The molecule has 1 heterocycles. The van der Waals surface area contributed by atoms with E-state index in [0.29, 0.717) is 31.8 Å². The second kappa shape index (κ2) is 10.1. The van der Waals surface area contributed by atoms with Crippen LogP contribution in [0.1, 0.15) is 42.4 Å². The first-order valence-electron chi connectivity index (χ1n) is 10.4. The van der Waals surface area contributed by atoms with Gasteiger partial charge in [-0.2, -0.15) is 4.31 Å². The van der Waals surface area contributed by atoms with Crippen molar-refractivity contribution in [1.29, 1.82) is 0 Å². The van der Waals surface area contributed by atoms with Crippen molar-refractivity contribution in [2.45, 2.75) is 50.5 Å².